The maximum absolute atomic E-state index is 6.00. The number of hydrogen-bond acceptors (Lipinski definition) is 2. The van der Waals surface area contributed by atoms with Crippen molar-refractivity contribution in [2.45, 2.75) is 58.4 Å². The first-order valence-corrected chi connectivity index (χ1v) is 8.65. The number of hydrazine groups is 1. The van der Waals surface area contributed by atoms with Gasteiger partial charge in [0.15, 0.2) is 0 Å². The maximum Gasteiger partial charge on any atom is 0.0272 e. The molecular weight excluding hydrogens is 232 g/mol. The van der Waals surface area contributed by atoms with Crippen LogP contribution in [0.25, 0.3) is 0 Å². The smallest absolute Gasteiger partial charge is 0.0272 e. The Kier molecular flexibility index (Phi) is 2.97. The van der Waals surface area contributed by atoms with E-state index in [-0.39, 0.29) is 0 Å². The third kappa shape index (κ3) is 1.90. The van der Waals surface area contributed by atoms with Gasteiger partial charge in [0, 0.05) is 6.04 Å². The number of fused-ring (bicyclic) bond motifs is 5. The molecule has 4 saturated carbocycles. The number of hydrogen-bond donors (Lipinski definition) is 2. The number of nitrogens with two attached hydrogens (primary N) is 1. The number of nitrogens with one attached hydrogen (secondary N) is 1. The topological polar surface area (TPSA) is 38.0 Å². The van der Waals surface area contributed by atoms with Crippen LogP contribution in [0.15, 0.2) is 0 Å². The summed E-state index contributed by atoms with van der Waals surface area (Å²) in [5, 5.41) is 0. The Labute approximate surface area is 117 Å². The maximum atomic E-state index is 6.00. The fourth-order valence-corrected chi connectivity index (χ4v) is 6.74. The highest BCUT2D eigenvalue weighted by atomic mass is 15.2. The van der Waals surface area contributed by atoms with Crippen molar-refractivity contribution in [2.24, 2.45) is 53.2 Å². The van der Waals surface area contributed by atoms with E-state index in [1.165, 1.54) is 32.1 Å². The zero-order valence-electron chi connectivity index (χ0n) is 12.5. The minimum atomic E-state index is 0.628. The predicted octanol–water partition coefficient (Wildman–Crippen LogP) is 3.18. The van der Waals surface area contributed by atoms with E-state index in [1.807, 2.05) is 0 Å². The van der Waals surface area contributed by atoms with Gasteiger partial charge in [-0.1, -0.05) is 13.8 Å². The van der Waals surface area contributed by atoms with Gasteiger partial charge in [0.05, 0.1) is 0 Å². The van der Waals surface area contributed by atoms with E-state index in [9.17, 15) is 0 Å². The summed E-state index contributed by atoms with van der Waals surface area (Å²) in [5.74, 6) is 13.9. The van der Waals surface area contributed by atoms with Crippen LogP contribution in [0.5, 0.6) is 0 Å². The molecule has 3 N–H and O–H groups in total. The van der Waals surface area contributed by atoms with Crippen molar-refractivity contribution in [3.63, 3.8) is 0 Å². The summed E-state index contributed by atoms with van der Waals surface area (Å²) in [6.07, 6.45) is 8.85. The Hall–Kier alpha value is -0.0800. The highest BCUT2D eigenvalue weighted by Crippen LogP contribution is 2.71. The molecule has 7 unspecified atom stereocenters. The molecule has 0 amide bonds. The summed E-state index contributed by atoms with van der Waals surface area (Å²) in [4.78, 5) is 0. The molecule has 4 aliphatic carbocycles. The summed E-state index contributed by atoms with van der Waals surface area (Å²) in [7, 11) is 0. The summed E-state index contributed by atoms with van der Waals surface area (Å²) < 4.78 is 0. The molecule has 0 spiro atoms. The minimum Gasteiger partial charge on any atom is -0.271 e. The molecule has 108 valence electrons. The van der Waals surface area contributed by atoms with E-state index in [0.717, 1.165) is 47.3 Å². The first-order valence-electron chi connectivity index (χ1n) is 8.65. The highest BCUT2D eigenvalue weighted by molar-refractivity contribution is 5.16. The molecule has 4 rings (SSSR count). The minimum absolute atomic E-state index is 0.628. The molecule has 0 radical (unpaired) electrons. The molecule has 2 bridgehead atoms. The zero-order chi connectivity index (χ0) is 13.1. The fraction of sp³-hybridized carbons (Fsp3) is 1.00. The first kappa shape index (κ1) is 12.6. The average Bonchev–Trinajstić information content (AvgIpc) is 2.79. The van der Waals surface area contributed by atoms with Crippen LogP contribution < -0.4 is 11.3 Å². The van der Waals surface area contributed by atoms with E-state index in [2.05, 4.69) is 19.3 Å². The van der Waals surface area contributed by atoms with Crippen LogP contribution in [0.4, 0.5) is 0 Å². The molecule has 0 heterocycles. The van der Waals surface area contributed by atoms with Crippen LogP contribution in [0.2, 0.25) is 0 Å². The van der Waals surface area contributed by atoms with Crippen molar-refractivity contribution in [3.8, 4) is 0 Å². The highest BCUT2D eigenvalue weighted by Gasteiger charge is 2.67. The normalized spacial score (nSPS) is 57.0. The van der Waals surface area contributed by atoms with Crippen molar-refractivity contribution in [3.05, 3.63) is 0 Å². The Morgan fingerprint density at radius 3 is 2.00 bits per heavy atom. The van der Waals surface area contributed by atoms with E-state index in [4.69, 9.17) is 5.84 Å². The summed E-state index contributed by atoms with van der Waals surface area (Å²) in [5.41, 5.74) is 3.27. The van der Waals surface area contributed by atoms with Gasteiger partial charge in [-0.25, -0.2) is 0 Å². The third-order valence-electron chi connectivity index (χ3n) is 7.12. The predicted molar refractivity (Wildman–Crippen MR) is 78.1 cm³/mol. The van der Waals surface area contributed by atoms with Gasteiger partial charge >= 0.3 is 0 Å². The zero-order valence-corrected chi connectivity index (χ0v) is 12.5. The Bertz CT molecular complexity index is 327. The van der Waals surface area contributed by atoms with Gasteiger partial charge in [-0.15, -0.1) is 0 Å². The molecule has 2 heteroatoms. The molecule has 0 aromatic heterocycles. The van der Waals surface area contributed by atoms with Gasteiger partial charge in [0.1, 0.15) is 0 Å². The molecule has 0 aromatic rings. The van der Waals surface area contributed by atoms with Crippen molar-refractivity contribution >= 4 is 0 Å². The lowest BCUT2D eigenvalue weighted by molar-refractivity contribution is 0.153. The average molecular weight is 262 g/mol. The van der Waals surface area contributed by atoms with Crippen molar-refractivity contribution < 1.29 is 0 Å². The van der Waals surface area contributed by atoms with Crippen molar-refractivity contribution in [2.75, 3.05) is 0 Å². The van der Waals surface area contributed by atoms with E-state index in [0.29, 0.717) is 6.04 Å². The van der Waals surface area contributed by atoms with Crippen LogP contribution in [-0.2, 0) is 0 Å². The molecule has 4 fully saturated rings. The second-order valence-electron chi connectivity index (χ2n) is 8.44. The molecule has 7 atom stereocenters. The largest absolute Gasteiger partial charge is 0.271 e. The summed E-state index contributed by atoms with van der Waals surface area (Å²) in [6.45, 7) is 4.88. The van der Waals surface area contributed by atoms with Crippen LogP contribution in [0, 0.1) is 47.3 Å². The molecule has 0 saturated heterocycles. The summed E-state index contributed by atoms with van der Waals surface area (Å²) >= 11 is 0. The van der Waals surface area contributed by atoms with Gasteiger partial charge in [0.25, 0.3) is 0 Å². The van der Waals surface area contributed by atoms with Gasteiger partial charge < -0.3 is 0 Å². The third-order valence-corrected chi connectivity index (χ3v) is 7.12. The SMILES string of the molecule is CC1CC(C)CC(C(NN)C2C3C4CCC(C4)C32)C1. The van der Waals surface area contributed by atoms with Gasteiger partial charge in [-0.2, -0.15) is 0 Å². The molecule has 4 aliphatic rings. The van der Waals surface area contributed by atoms with E-state index >= 15 is 0 Å². The molecule has 0 aromatic carbocycles. The van der Waals surface area contributed by atoms with Gasteiger partial charge in [0.2, 0.25) is 0 Å². The Balaban J connectivity index is 1.47. The standard InChI is InChI=1S/C17H30N2/c1-9-5-10(2)7-13(6-9)17(19-18)16-14-11-3-4-12(8-11)15(14)16/h9-17,19H,3-8,18H2,1-2H3. The molecular formula is C17H30N2. The lowest BCUT2D eigenvalue weighted by atomic mass is 9.72. The van der Waals surface area contributed by atoms with Crippen molar-refractivity contribution in [1.29, 1.82) is 0 Å². The Morgan fingerprint density at radius 1 is 0.895 bits per heavy atom. The fourth-order valence-electron chi connectivity index (χ4n) is 6.74. The molecule has 0 aliphatic heterocycles. The van der Waals surface area contributed by atoms with Crippen LogP contribution in [-0.4, -0.2) is 6.04 Å². The van der Waals surface area contributed by atoms with Gasteiger partial charge in [-0.05, 0) is 85.9 Å². The van der Waals surface area contributed by atoms with Gasteiger partial charge in [-0.3, -0.25) is 11.3 Å². The Morgan fingerprint density at radius 2 is 1.47 bits per heavy atom. The van der Waals surface area contributed by atoms with Crippen LogP contribution in [0.3, 0.4) is 0 Å². The quantitative estimate of drug-likeness (QED) is 0.605. The van der Waals surface area contributed by atoms with Crippen molar-refractivity contribution in [1.82, 2.24) is 5.43 Å². The van der Waals surface area contributed by atoms with E-state index in [1.54, 1.807) is 6.42 Å². The second kappa shape index (κ2) is 4.46. The first-order chi connectivity index (χ1) is 9.19. The molecule has 19 heavy (non-hydrogen) atoms. The monoisotopic (exact) mass is 262 g/mol. The summed E-state index contributed by atoms with van der Waals surface area (Å²) in [6, 6.07) is 0.628. The molecule has 2 nitrogen and oxygen atoms in total. The number of rotatable bonds is 3. The van der Waals surface area contributed by atoms with Crippen LogP contribution in [0.1, 0.15) is 52.4 Å². The van der Waals surface area contributed by atoms with Crippen LogP contribution >= 0.6 is 0 Å². The second-order valence-corrected chi connectivity index (χ2v) is 8.44. The van der Waals surface area contributed by atoms with E-state index < -0.39 is 0 Å². The lowest BCUT2D eigenvalue weighted by Gasteiger charge is -2.37. The lowest BCUT2D eigenvalue weighted by Crippen LogP contribution is -2.46.